The Bertz CT molecular complexity index is 480. The van der Waals surface area contributed by atoms with Crippen molar-refractivity contribution in [3.05, 3.63) is 17.0 Å². The van der Waals surface area contributed by atoms with Crippen molar-refractivity contribution in [1.29, 1.82) is 0 Å². The largest absolute Gasteiger partial charge is 0.433 e. The van der Waals surface area contributed by atoms with Crippen molar-refractivity contribution in [3.63, 3.8) is 0 Å². The number of likely N-dealkylation sites (tertiary alicyclic amines) is 1. The molecule has 1 aromatic rings. The van der Waals surface area contributed by atoms with Crippen LogP contribution in [0.1, 0.15) is 12.1 Å². The zero-order chi connectivity index (χ0) is 14.9. The third-order valence-electron chi connectivity index (χ3n) is 3.39. The van der Waals surface area contributed by atoms with Crippen LogP contribution in [-0.2, 0) is 6.18 Å². The van der Waals surface area contributed by atoms with Crippen molar-refractivity contribution in [2.45, 2.75) is 12.6 Å². The molecule has 1 unspecified atom stereocenters. The van der Waals surface area contributed by atoms with E-state index >= 15 is 0 Å². The smallest absolute Gasteiger partial charge is 0.359 e. The first-order valence-electron chi connectivity index (χ1n) is 6.27. The van der Waals surface area contributed by atoms with E-state index in [1.807, 2.05) is 7.05 Å². The number of nitrogens with zero attached hydrogens (tertiary/aromatic N) is 4. The molecule has 112 valence electrons. The van der Waals surface area contributed by atoms with E-state index in [-0.39, 0.29) is 11.1 Å². The Labute approximate surface area is 120 Å². The molecule has 2 heterocycles. The Morgan fingerprint density at radius 2 is 2.15 bits per heavy atom. The minimum absolute atomic E-state index is 0.201. The SMILES string of the molecule is CN1CCC(CN(C)c2cc(C(F)(F)F)nc(Cl)n2)C1. The van der Waals surface area contributed by atoms with E-state index in [1.165, 1.54) is 0 Å². The van der Waals surface area contributed by atoms with Crippen LogP contribution in [0.3, 0.4) is 0 Å². The van der Waals surface area contributed by atoms with Gasteiger partial charge in [0.15, 0.2) is 5.69 Å². The maximum absolute atomic E-state index is 12.7. The summed E-state index contributed by atoms with van der Waals surface area (Å²) >= 11 is 5.58. The van der Waals surface area contributed by atoms with Gasteiger partial charge < -0.3 is 9.80 Å². The Hall–Kier alpha value is -1.08. The summed E-state index contributed by atoms with van der Waals surface area (Å²) in [4.78, 5) is 11.0. The molecule has 0 N–H and O–H groups in total. The first-order chi connectivity index (χ1) is 9.25. The Kier molecular flexibility index (Phi) is 4.39. The van der Waals surface area contributed by atoms with Gasteiger partial charge in [0, 0.05) is 26.2 Å². The average molecular weight is 309 g/mol. The van der Waals surface area contributed by atoms with Gasteiger partial charge in [-0.3, -0.25) is 0 Å². The Balaban J connectivity index is 2.13. The second-order valence-corrected chi connectivity index (χ2v) is 5.51. The molecule has 1 saturated heterocycles. The Morgan fingerprint density at radius 1 is 1.45 bits per heavy atom. The van der Waals surface area contributed by atoms with Gasteiger partial charge in [-0.15, -0.1) is 0 Å². The minimum atomic E-state index is -4.52. The Morgan fingerprint density at radius 3 is 2.70 bits per heavy atom. The molecule has 1 fully saturated rings. The van der Waals surface area contributed by atoms with E-state index in [4.69, 9.17) is 11.6 Å². The van der Waals surface area contributed by atoms with Crippen molar-refractivity contribution in [1.82, 2.24) is 14.9 Å². The van der Waals surface area contributed by atoms with Crippen molar-refractivity contribution >= 4 is 17.4 Å². The van der Waals surface area contributed by atoms with Gasteiger partial charge in [-0.1, -0.05) is 0 Å². The molecule has 0 aromatic carbocycles. The molecule has 1 aliphatic heterocycles. The monoisotopic (exact) mass is 308 g/mol. The first-order valence-corrected chi connectivity index (χ1v) is 6.65. The van der Waals surface area contributed by atoms with Crippen LogP contribution in [-0.4, -0.2) is 48.6 Å². The van der Waals surface area contributed by atoms with Crippen LogP contribution < -0.4 is 4.90 Å². The lowest BCUT2D eigenvalue weighted by Crippen LogP contribution is -2.28. The predicted octanol–water partition coefficient (Wildman–Crippen LogP) is 2.54. The van der Waals surface area contributed by atoms with Gasteiger partial charge >= 0.3 is 6.18 Å². The molecule has 0 spiro atoms. The van der Waals surface area contributed by atoms with Crippen LogP contribution in [0.25, 0.3) is 0 Å². The predicted molar refractivity (Wildman–Crippen MR) is 70.9 cm³/mol. The summed E-state index contributed by atoms with van der Waals surface area (Å²) < 4.78 is 38.1. The molecule has 1 aliphatic rings. The van der Waals surface area contributed by atoms with E-state index in [0.717, 1.165) is 25.6 Å². The van der Waals surface area contributed by atoms with Gasteiger partial charge in [0.2, 0.25) is 5.28 Å². The summed E-state index contributed by atoms with van der Waals surface area (Å²) in [5.74, 6) is 0.625. The second kappa shape index (κ2) is 5.73. The number of anilines is 1. The summed E-state index contributed by atoms with van der Waals surface area (Å²) in [6.07, 6.45) is -3.48. The van der Waals surface area contributed by atoms with E-state index < -0.39 is 11.9 Å². The lowest BCUT2D eigenvalue weighted by atomic mass is 10.1. The minimum Gasteiger partial charge on any atom is -0.359 e. The fraction of sp³-hybridized carbons (Fsp3) is 0.667. The van der Waals surface area contributed by atoms with Crippen molar-refractivity contribution in [2.24, 2.45) is 5.92 Å². The highest BCUT2D eigenvalue weighted by atomic mass is 35.5. The number of halogens is 4. The highest BCUT2D eigenvalue weighted by Crippen LogP contribution is 2.30. The molecule has 0 bridgehead atoms. The lowest BCUT2D eigenvalue weighted by molar-refractivity contribution is -0.141. The summed E-state index contributed by atoms with van der Waals surface area (Å²) in [5.41, 5.74) is -1.01. The van der Waals surface area contributed by atoms with E-state index in [9.17, 15) is 13.2 Å². The number of hydrogen-bond acceptors (Lipinski definition) is 4. The number of hydrogen-bond donors (Lipinski definition) is 0. The number of aromatic nitrogens is 2. The fourth-order valence-electron chi connectivity index (χ4n) is 2.40. The molecule has 0 radical (unpaired) electrons. The maximum atomic E-state index is 12.7. The van der Waals surface area contributed by atoms with Gasteiger partial charge in [-0.25, -0.2) is 9.97 Å². The normalized spacial score (nSPS) is 20.4. The standard InChI is InChI=1S/C12H16ClF3N4/c1-19-4-3-8(6-19)7-20(2)10-5-9(12(14,15)16)17-11(13)18-10/h5,8H,3-4,6-7H2,1-2H3. The molecule has 1 aromatic heterocycles. The van der Waals surface area contributed by atoms with Gasteiger partial charge in [0.05, 0.1) is 0 Å². The fourth-order valence-corrected chi connectivity index (χ4v) is 2.58. The second-order valence-electron chi connectivity index (χ2n) is 5.18. The van der Waals surface area contributed by atoms with Crippen LogP contribution >= 0.6 is 11.6 Å². The number of rotatable bonds is 3. The molecule has 2 rings (SSSR count). The third kappa shape index (κ3) is 3.73. The van der Waals surface area contributed by atoms with Crippen LogP contribution in [0.5, 0.6) is 0 Å². The van der Waals surface area contributed by atoms with Crippen molar-refractivity contribution in [3.8, 4) is 0 Å². The number of alkyl halides is 3. The summed E-state index contributed by atoms with van der Waals surface area (Å²) in [7, 11) is 3.75. The molecule has 0 amide bonds. The van der Waals surface area contributed by atoms with Gasteiger partial charge in [-0.05, 0) is 37.5 Å². The van der Waals surface area contributed by atoms with E-state index in [0.29, 0.717) is 12.5 Å². The molecule has 0 aliphatic carbocycles. The van der Waals surface area contributed by atoms with Gasteiger partial charge in [0.25, 0.3) is 0 Å². The van der Waals surface area contributed by atoms with Crippen LogP contribution in [0, 0.1) is 5.92 Å². The molecular weight excluding hydrogens is 293 g/mol. The summed E-state index contributed by atoms with van der Waals surface area (Å²) in [6.45, 7) is 2.60. The average Bonchev–Trinajstić information content (AvgIpc) is 2.72. The topological polar surface area (TPSA) is 32.3 Å². The highest BCUT2D eigenvalue weighted by molar-refractivity contribution is 6.28. The summed E-state index contributed by atoms with van der Waals surface area (Å²) in [5, 5.41) is -0.384. The van der Waals surface area contributed by atoms with Crippen LogP contribution in [0.15, 0.2) is 6.07 Å². The molecule has 20 heavy (non-hydrogen) atoms. The van der Waals surface area contributed by atoms with Gasteiger partial charge in [0.1, 0.15) is 5.82 Å². The van der Waals surface area contributed by atoms with Crippen LogP contribution in [0.2, 0.25) is 5.28 Å². The zero-order valence-electron chi connectivity index (χ0n) is 11.3. The highest BCUT2D eigenvalue weighted by Gasteiger charge is 2.34. The molecule has 1 atom stereocenters. The lowest BCUT2D eigenvalue weighted by Gasteiger charge is -2.22. The maximum Gasteiger partial charge on any atom is 0.433 e. The van der Waals surface area contributed by atoms with E-state index in [2.05, 4.69) is 14.9 Å². The van der Waals surface area contributed by atoms with Crippen molar-refractivity contribution < 1.29 is 13.2 Å². The molecular formula is C12H16ClF3N4. The van der Waals surface area contributed by atoms with Gasteiger partial charge in [-0.2, -0.15) is 13.2 Å². The third-order valence-corrected chi connectivity index (χ3v) is 3.56. The molecule has 4 nitrogen and oxygen atoms in total. The van der Waals surface area contributed by atoms with Crippen molar-refractivity contribution in [2.75, 3.05) is 38.6 Å². The quantitative estimate of drug-likeness (QED) is 0.803. The first kappa shape index (κ1) is 15.3. The van der Waals surface area contributed by atoms with Crippen LogP contribution in [0.4, 0.5) is 19.0 Å². The molecule has 8 heteroatoms. The summed E-state index contributed by atoms with van der Waals surface area (Å²) in [6, 6.07) is 0.935. The van der Waals surface area contributed by atoms with E-state index in [1.54, 1.807) is 11.9 Å². The zero-order valence-corrected chi connectivity index (χ0v) is 12.0. The molecule has 0 saturated carbocycles.